The Labute approximate surface area is 212 Å². The van der Waals surface area contributed by atoms with Crippen molar-refractivity contribution in [1.29, 1.82) is 0 Å². The zero-order chi connectivity index (χ0) is 24.9. The smallest absolute Gasteiger partial charge is 0.242 e. The molecular formula is C27H35N5O4. The van der Waals surface area contributed by atoms with Gasteiger partial charge in [-0.2, -0.15) is 0 Å². The molecule has 3 fully saturated rings. The van der Waals surface area contributed by atoms with E-state index in [4.69, 9.17) is 9.47 Å². The van der Waals surface area contributed by atoms with Gasteiger partial charge in [-0.15, -0.1) is 10.2 Å². The molecule has 0 spiro atoms. The van der Waals surface area contributed by atoms with Crippen LogP contribution in [-0.2, 0) is 14.3 Å². The SMILES string of the molecule is COc1cccc(-c2ccc(N3CCCN(C(=O)CN(CC4CCCO4)C(=O)C4CC4)CC3)nn2)c1. The third-order valence-electron chi connectivity index (χ3n) is 7.20. The Morgan fingerprint density at radius 1 is 1.06 bits per heavy atom. The number of aromatic nitrogens is 2. The highest BCUT2D eigenvalue weighted by Crippen LogP contribution is 2.31. The lowest BCUT2D eigenvalue weighted by Gasteiger charge is -2.28. The van der Waals surface area contributed by atoms with Crippen LogP contribution in [0.5, 0.6) is 5.75 Å². The van der Waals surface area contributed by atoms with Crippen molar-refractivity contribution < 1.29 is 19.1 Å². The monoisotopic (exact) mass is 493 g/mol. The first-order chi connectivity index (χ1) is 17.6. The van der Waals surface area contributed by atoms with Crippen molar-refractivity contribution in [2.45, 2.75) is 38.2 Å². The van der Waals surface area contributed by atoms with Gasteiger partial charge in [-0.05, 0) is 56.4 Å². The predicted molar refractivity (Wildman–Crippen MR) is 136 cm³/mol. The normalized spacial score (nSPS) is 20.2. The second-order valence-electron chi connectivity index (χ2n) is 9.86. The van der Waals surface area contributed by atoms with Gasteiger partial charge in [0.25, 0.3) is 0 Å². The first-order valence-corrected chi connectivity index (χ1v) is 13.0. The van der Waals surface area contributed by atoms with E-state index in [0.29, 0.717) is 26.2 Å². The number of hydrogen-bond acceptors (Lipinski definition) is 7. The molecule has 0 N–H and O–H groups in total. The summed E-state index contributed by atoms with van der Waals surface area (Å²) in [6.07, 6.45) is 4.75. The summed E-state index contributed by atoms with van der Waals surface area (Å²) in [6.45, 7) is 4.17. The average Bonchev–Trinajstić information content (AvgIpc) is 3.69. The van der Waals surface area contributed by atoms with Gasteiger partial charge in [0.15, 0.2) is 5.82 Å². The molecule has 36 heavy (non-hydrogen) atoms. The Kier molecular flexibility index (Phi) is 7.65. The second kappa shape index (κ2) is 11.2. The van der Waals surface area contributed by atoms with Crippen LogP contribution in [0.25, 0.3) is 11.3 Å². The molecule has 2 amide bonds. The van der Waals surface area contributed by atoms with Crippen LogP contribution in [0.4, 0.5) is 5.82 Å². The third-order valence-corrected chi connectivity index (χ3v) is 7.20. The van der Waals surface area contributed by atoms with E-state index in [9.17, 15) is 9.59 Å². The van der Waals surface area contributed by atoms with Crippen molar-refractivity contribution in [2.24, 2.45) is 5.92 Å². The third kappa shape index (κ3) is 5.95. The molecule has 5 rings (SSSR count). The molecule has 1 atom stereocenters. The van der Waals surface area contributed by atoms with Gasteiger partial charge in [0.1, 0.15) is 5.75 Å². The topological polar surface area (TPSA) is 88.1 Å². The van der Waals surface area contributed by atoms with E-state index in [1.54, 1.807) is 12.0 Å². The number of rotatable bonds is 8. The first-order valence-electron chi connectivity index (χ1n) is 13.0. The molecule has 1 unspecified atom stereocenters. The molecule has 1 aromatic heterocycles. The van der Waals surface area contributed by atoms with Gasteiger partial charge in [-0.25, -0.2) is 0 Å². The van der Waals surface area contributed by atoms with E-state index < -0.39 is 0 Å². The summed E-state index contributed by atoms with van der Waals surface area (Å²) in [5, 5.41) is 8.90. The van der Waals surface area contributed by atoms with Gasteiger partial charge in [0.2, 0.25) is 11.8 Å². The summed E-state index contributed by atoms with van der Waals surface area (Å²) < 4.78 is 11.1. The fraction of sp³-hybridized carbons (Fsp3) is 0.556. The lowest BCUT2D eigenvalue weighted by Crippen LogP contribution is -2.47. The van der Waals surface area contributed by atoms with Crippen LogP contribution in [0.15, 0.2) is 36.4 Å². The van der Waals surface area contributed by atoms with Crippen molar-refractivity contribution >= 4 is 17.6 Å². The number of anilines is 1. The minimum atomic E-state index is 0.0169. The number of ether oxygens (including phenoxy) is 2. The Balaban J connectivity index is 1.18. The van der Waals surface area contributed by atoms with Gasteiger partial charge in [0, 0.05) is 50.8 Å². The molecule has 1 aliphatic carbocycles. The summed E-state index contributed by atoms with van der Waals surface area (Å²) >= 11 is 0. The van der Waals surface area contributed by atoms with Crippen LogP contribution in [0, 0.1) is 5.92 Å². The molecule has 0 bridgehead atoms. The molecule has 2 aromatic rings. The van der Waals surface area contributed by atoms with Crippen LogP contribution in [0.2, 0.25) is 0 Å². The van der Waals surface area contributed by atoms with Crippen LogP contribution in [-0.4, -0.2) is 90.9 Å². The maximum absolute atomic E-state index is 13.2. The summed E-state index contributed by atoms with van der Waals surface area (Å²) in [7, 11) is 1.65. The Morgan fingerprint density at radius 2 is 1.94 bits per heavy atom. The van der Waals surface area contributed by atoms with Crippen molar-refractivity contribution in [1.82, 2.24) is 20.0 Å². The summed E-state index contributed by atoms with van der Waals surface area (Å²) in [5.74, 6) is 1.81. The predicted octanol–water partition coefficient (Wildman–Crippen LogP) is 2.61. The van der Waals surface area contributed by atoms with Crippen molar-refractivity contribution in [3.63, 3.8) is 0 Å². The van der Waals surface area contributed by atoms with Crippen LogP contribution >= 0.6 is 0 Å². The minimum absolute atomic E-state index is 0.0169. The number of methoxy groups -OCH3 is 1. The second-order valence-corrected chi connectivity index (χ2v) is 9.86. The number of amides is 2. The van der Waals surface area contributed by atoms with Crippen LogP contribution in [0.3, 0.4) is 0 Å². The zero-order valence-corrected chi connectivity index (χ0v) is 21.0. The molecule has 9 heteroatoms. The van der Waals surface area contributed by atoms with E-state index in [-0.39, 0.29) is 30.4 Å². The fourth-order valence-corrected chi connectivity index (χ4v) is 4.94. The van der Waals surface area contributed by atoms with E-state index >= 15 is 0 Å². The maximum Gasteiger partial charge on any atom is 0.242 e. The van der Waals surface area contributed by atoms with Gasteiger partial charge in [0.05, 0.1) is 25.5 Å². The number of benzene rings is 1. The Morgan fingerprint density at radius 3 is 2.67 bits per heavy atom. The molecule has 0 radical (unpaired) electrons. The largest absolute Gasteiger partial charge is 0.497 e. The highest BCUT2D eigenvalue weighted by Gasteiger charge is 2.36. The molecule has 1 saturated carbocycles. The zero-order valence-electron chi connectivity index (χ0n) is 21.0. The van der Waals surface area contributed by atoms with Gasteiger partial charge >= 0.3 is 0 Å². The van der Waals surface area contributed by atoms with Gasteiger partial charge in [-0.1, -0.05) is 12.1 Å². The number of carbonyl (C=O) groups excluding carboxylic acids is 2. The maximum atomic E-state index is 13.2. The highest BCUT2D eigenvalue weighted by atomic mass is 16.5. The lowest BCUT2D eigenvalue weighted by molar-refractivity contribution is -0.142. The van der Waals surface area contributed by atoms with Crippen molar-refractivity contribution in [3.8, 4) is 17.0 Å². The molecule has 3 aliphatic rings. The summed E-state index contributed by atoms with van der Waals surface area (Å²) in [4.78, 5) is 31.9. The number of carbonyl (C=O) groups is 2. The first kappa shape index (κ1) is 24.5. The molecule has 192 valence electrons. The van der Waals surface area contributed by atoms with Crippen molar-refractivity contribution in [2.75, 3.05) is 57.9 Å². The Hall–Kier alpha value is -3.20. The number of hydrogen-bond donors (Lipinski definition) is 0. The molecular weight excluding hydrogens is 458 g/mol. The van der Waals surface area contributed by atoms with Crippen LogP contribution < -0.4 is 9.64 Å². The van der Waals surface area contributed by atoms with E-state index in [1.807, 2.05) is 41.3 Å². The lowest BCUT2D eigenvalue weighted by atomic mass is 10.1. The fourth-order valence-electron chi connectivity index (χ4n) is 4.94. The Bertz CT molecular complexity index is 1050. The molecule has 2 saturated heterocycles. The standard InChI is InChI=1S/C27H35N5O4/c1-35-22-6-2-5-21(17-22)24-10-11-25(29-28-24)30-12-4-13-31(15-14-30)26(33)19-32(27(34)20-8-9-20)18-23-7-3-16-36-23/h2,5-6,10-11,17,20,23H,3-4,7-9,12-16,18-19H2,1H3. The molecule has 9 nitrogen and oxygen atoms in total. The highest BCUT2D eigenvalue weighted by molar-refractivity contribution is 5.87. The van der Waals surface area contributed by atoms with Gasteiger partial charge in [-0.3, -0.25) is 9.59 Å². The molecule has 1 aromatic carbocycles. The van der Waals surface area contributed by atoms with Crippen LogP contribution in [0.1, 0.15) is 32.1 Å². The molecule has 3 heterocycles. The van der Waals surface area contributed by atoms with Gasteiger partial charge < -0.3 is 24.2 Å². The van der Waals surface area contributed by atoms with E-state index in [2.05, 4.69) is 15.1 Å². The minimum Gasteiger partial charge on any atom is -0.497 e. The quantitative estimate of drug-likeness (QED) is 0.559. The molecule has 2 aliphatic heterocycles. The average molecular weight is 494 g/mol. The van der Waals surface area contributed by atoms with E-state index in [0.717, 1.165) is 68.1 Å². The summed E-state index contributed by atoms with van der Waals surface area (Å²) in [5.41, 5.74) is 1.74. The summed E-state index contributed by atoms with van der Waals surface area (Å²) in [6, 6.07) is 11.7. The number of nitrogens with zero attached hydrogens (tertiary/aromatic N) is 5. The van der Waals surface area contributed by atoms with E-state index in [1.165, 1.54) is 0 Å². The van der Waals surface area contributed by atoms with Crippen molar-refractivity contribution in [3.05, 3.63) is 36.4 Å².